The maximum absolute atomic E-state index is 12.8. The summed E-state index contributed by atoms with van der Waals surface area (Å²) >= 11 is 0. The molecule has 0 unspecified atom stereocenters. The number of nitrogens with two attached hydrogens (primary N) is 1. The molecule has 1 aliphatic carbocycles. The number of amides is 2. The highest BCUT2D eigenvalue weighted by molar-refractivity contribution is 7.91. The molecule has 2 amide bonds. The molecule has 33 heavy (non-hydrogen) atoms. The lowest BCUT2D eigenvalue weighted by Gasteiger charge is -2.40. The van der Waals surface area contributed by atoms with Crippen LogP contribution >= 0.6 is 0 Å². The normalized spacial score (nSPS) is 25.9. The number of nitrogens with zero attached hydrogens (tertiary/aromatic N) is 2. The maximum Gasteiger partial charge on any atom is 0.248 e. The molecule has 2 saturated heterocycles. The molecule has 182 valence electrons. The summed E-state index contributed by atoms with van der Waals surface area (Å²) in [5.41, 5.74) is 7.23. The molecule has 0 aromatic heterocycles. The van der Waals surface area contributed by atoms with Crippen molar-refractivity contribution >= 4 is 21.7 Å². The number of hydrogen-bond donors (Lipinski definition) is 1. The van der Waals surface area contributed by atoms with Crippen LogP contribution in [0, 0.1) is 5.92 Å². The number of fused-ring (bicyclic) bond motifs is 2. The highest BCUT2D eigenvalue weighted by Crippen LogP contribution is 2.43. The summed E-state index contributed by atoms with van der Waals surface area (Å²) in [6.07, 6.45) is 10.2. The summed E-state index contributed by atoms with van der Waals surface area (Å²) in [5.74, 6) is -0.133. The van der Waals surface area contributed by atoms with Gasteiger partial charge in [0.25, 0.3) is 0 Å². The summed E-state index contributed by atoms with van der Waals surface area (Å²) in [7, 11) is -3.34. The van der Waals surface area contributed by atoms with Gasteiger partial charge in [0.2, 0.25) is 11.8 Å². The van der Waals surface area contributed by atoms with Crippen LogP contribution in [0.3, 0.4) is 0 Å². The van der Waals surface area contributed by atoms with E-state index in [-0.39, 0.29) is 5.91 Å². The van der Waals surface area contributed by atoms with Gasteiger partial charge in [-0.25, -0.2) is 8.42 Å². The Kier molecular flexibility index (Phi) is 7.43. The molecule has 1 saturated carbocycles. The first-order valence-electron chi connectivity index (χ1n) is 12.3. The fourth-order valence-corrected chi connectivity index (χ4v) is 6.86. The van der Waals surface area contributed by atoms with Gasteiger partial charge in [-0.15, -0.1) is 0 Å². The number of piperidine rings is 1. The van der Waals surface area contributed by atoms with Crippen molar-refractivity contribution in [2.45, 2.75) is 69.4 Å². The number of sulfone groups is 1. The second-order valence-corrected chi connectivity index (χ2v) is 12.5. The highest BCUT2D eigenvalue weighted by Gasteiger charge is 2.41. The van der Waals surface area contributed by atoms with Crippen LogP contribution in [-0.4, -0.2) is 73.8 Å². The molecule has 3 aliphatic rings. The van der Waals surface area contributed by atoms with E-state index in [1.165, 1.54) is 18.4 Å². The lowest BCUT2D eigenvalue weighted by molar-refractivity contribution is -0.129. The molecule has 0 spiro atoms. The molecule has 2 bridgehead atoms. The first kappa shape index (κ1) is 24.2. The fourth-order valence-electron chi connectivity index (χ4n) is 6.23. The van der Waals surface area contributed by atoms with E-state index in [0.717, 1.165) is 51.3 Å². The van der Waals surface area contributed by atoms with Gasteiger partial charge < -0.3 is 10.6 Å². The second kappa shape index (κ2) is 10.1. The van der Waals surface area contributed by atoms with E-state index < -0.39 is 21.5 Å². The van der Waals surface area contributed by atoms with Gasteiger partial charge in [-0.05, 0) is 68.1 Å². The Morgan fingerprint density at radius 2 is 1.76 bits per heavy atom. The quantitative estimate of drug-likeness (QED) is 0.592. The van der Waals surface area contributed by atoms with E-state index in [0.29, 0.717) is 42.6 Å². The van der Waals surface area contributed by atoms with Crippen LogP contribution in [0.5, 0.6) is 0 Å². The predicted octanol–water partition coefficient (Wildman–Crippen LogP) is 2.56. The molecule has 2 aliphatic heterocycles. The summed E-state index contributed by atoms with van der Waals surface area (Å²) in [6.45, 7) is 2.07. The van der Waals surface area contributed by atoms with Gasteiger partial charge >= 0.3 is 0 Å². The number of benzene rings is 1. The van der Waals surface area contributed by atoms with Crippen LogP contribution in [0.15, 0.2) is 24.3 Å². The lowest BCUT2D eigenvalue weighted by atomic mass is 9.84. The predicted molar refractivity (Wildman–Crippen MR) is 129 cm³/mol. The van der Waals surface area contributed by atoms with Gasteiger partial charge in [0, 0.05) is 43.5 Å². The molecule has 4 rings (SSSR count). The Balaban J connectivity index is 1.39. The minimum absolute atomic E-state index is 0.255. The molecule has 2 heterocycles. The molecule has 1 aromatic rings. The van der Waals surface area contributed by atoms with Crippen LogP contribution in [-0.2, 0) is 14.6 Å². The fraction of sp³-hybridized carbons (Fsp3) is 0.680. The van der Waals surface area contributed by atoms with Crippen LogP contribution in [0.4, 0.5) is 0 Å². The van der Waals surface area contributed by atoms with E-state index in [4.69, 9.17) is 5.73 Å². The molecular weight excluding hydrogens is 438 g/mol. The Labute approximate surface area is 197 Å². The number of hydrogen-bond acceptors (Lipinski definition) is 5. The molecule has 7 nitrogen and oxygen atoms in total. The van der Waals surface area contributed by atoms with Crippen molar-refractivity contribution in [3.05, 3.63) is 35.4 Å². The van der Waals surface area contributed by atoms with Crippen molar-refractivity contribution < 1.29 is 18.0 Å². The number of primary amides is 1. The van der Waals surface area contributed by atoms with Crippen LogP contribution < -0.4 is 5.73 Å². The van der Waals surface area contributed by atoms with E-state index in [2.05, 4.69) is 11.0 Å². The van der Waals surface area contributed by atoms with E-state index in [9.17, 15) is 18.0 Å². The lowest BCUT2D eigenvalue weighted by Crippen LogP contribution is -2.48. The standard InChI is InChI=1S/C25H37N3O4S/c1-33(31,32)17-24(29)27(16-18-5-2-3-6-18)11-12-28-22-9-10-23(28)15-21(14-22)19-7-4-8-20(13-19)25(26)30/h4,7-8,13,18,21-23H,2-3,5-6,9-12,14-17H2,1H3,(H2,26,30)/t21-,22+,23-. The summed E-state index contributed by atoms with van der Waals surface area (Å²) in [5, 5.41) is 0. The van der Waals surface area contributed by atoms with Crippen LogP contribution in [0.2, 0.25) is 0 Å². The maximum atomic E-state index is 12.8. The number of carbonyl (C=O) groups excluding carboxylic acids is 2. The van der Waals surface area contributed by atoms with E-state index >= 15 is 0 Å². The third-order valence-electron chi connectivity index (χ3n) is 7.85. The largest absolute Gasteiger partial charge is 0.366 e. The minimum atomic E-state index is -3.34. The zero-order valence-electron chi connectivity index (χ0n) is 19.6. The van der Waals surface area contributed by atoms with E-state index in [1.54, 1.807) is 6.07 Å². The van der Waals surface area contributed by atoms with Gasteiger partial charge in [0.15, 0.2) is 9.84 Å². The third kappa shape index (κ3) is 6.15. The molecule has 3 fully saturated rings. The summed E-state index contributed by atoms with van der Waals surface area (Å²) in [6, 6.07) is 8.64. The highest BCUT2D eigenvalue weighted by atomic mass is 32.2. The second-order valence-electron chi connectivity index (χ2n) is 10.3. The van der Waals surface area contributed by atoms with Crippen LogP contribution in [0.25, 0.3) is 0 Å². The molecule has 3 atom stereocenters. The van der Waals surface area contributed by atoms with Crippen molar-refractivity contribution in [1.82, 2.24) is 9.80 Å². The monoisotopic (exact) mass is 475 g/mol. The van der Waals surface area contributed by atoms with E-state index in [1.807, 2.05) is 17.0 Å². The summed E-state index contributed by atoms with van der Waals surface area (Å²) in [4.78, 5) is 28.8. The van der Waals surface area contributed by atoms with Gasteiger partial charge in [-0.1, -0.05) is 25.0 Å². The van der Waals surface area contributed by atoms with Crippen LogP contribution in [0.1, 0.15) is 73.2 Å². The minimum Gasteiger partial charge on any atom is -0.366 e. The smallest absolute Gasteiger partial charge is 0.248 e. The molecule has 8 heteroatoms. The number of carbonyl (C=O) groups is 2. The average molecular weight is 476 g/mol. The van der Waals surface area contributed by atoms with Gasteiger partial charge in [-0.2, -0.15) is 0 Å². The molecule has 0 radical (unpaired) electrons. The van der Waals surface area contributed by atoms with Crippen molar-refractivity contribution in [3.63, 3.8) is 0 Å². The Bertz CT molecular complexity index is 960. The summed E-state index contributed by atoms with van der Waals surface area (Å²) < 4.78 is 23.5. The number of rotatable bonds is 9. The first-order chi connectivity index (χ1) is 15.7. The zero-order chi connectivity index (χ0) is 23.6. The van der Waals surface area contributed by atoms with Gasteiger partial charge in [0.1, 0.15) is 5.75 Å². The van der Waals surface area contributed by atoms with Crippen molar-refractivity contribution in [1.29, 1.82) is 0 Å². The molecule has 2 N–H and O–H groups in total. The van der Waals surface area contributed by atoms with Gasteiger partial charge in [0.05, 0.1) is 0 Å². The molecular formula is C25H37N3O4S. The molecule has 1 aromatic carbocycles. The van der Waals surface area contributed by atoms with Crippen molar-refractivity contribution in [3.8, 4) is 0 Å². The van der Waals surface area contributed by atoms with Crippen molar-refractivity contribution in [2.24, 2.45) is 11.7 Å². The topological polar surface area (TPSA) is 101 Å². The van der Waals surface area contributed by atoms with Crippen molar-refractivity contribution in [2.75, 3.05) is 31.6 Å². The Hall–Kier alpha value is -1.93. The first-order valence-corrected chi connectivity index (χ1v) is 14.4. The SMILES string of the molecule is CS(=O)(=O)CC(=O)N(CCN1[C@@H]2CC[C@H]1C[C@@H](c1cccc(C(N)=O)c1)C2)CC1CCCC1. The van der Waals surface area contributed by atoms with Gasteiger partial charge in [-0.3, -0.25) is 14.5 Å². The average Bonchev–Trinajstić information content (AvgIpc) is 3.34. The third-order valence-corrected chi connectivity index (χ3v) is 8.62. The zero-order valence-corrected chi connectivity index (χ0v) is 20.4. The Morgan fingerprint density at radius 3 is 2.36 bits per heavy atom. The Morgan fingerprint density at radius 1 is 1.09 bits per heavy atom.